The molecule has 1 aliphatic rings. The summed E-state index contributed by atoms with van der Waals surface area (Å²) in [5.74, 6) is 0.549. The Kier molecular flexibility index (Phi) is 4.45. The van der Waals surface area contributed by atoms with Gasteiger partial charge in [-0.2, -0.15) is 8.78 Å². The molecule has 0 fully saturated rings. The minimum atomic E-state index is -2.78. The first kappa shape index (κ1) is 17.0. The van der Waals surface area contributed by atoms with Crippen molar-refractivity contribution in [3.05, 3.63) is 59.9 Å². The molecule has 1 aliphatic heterocycles. The summed E-state index contributed by atoms with van der Waals surface area (Å²) in [4.78, 5) is 16.0. The van der Waals surface area contributed by atoms with Crippen LogP contribution < -0.4 is 9.47 Å². The summed E-state index contributed by atoms with van der Waals surface area (Å²) >= 11 is 0. The number of hydrogen-bond donors (Lipinski definition) is 0. The number of ether oxygens (including phenoxy) is 3. The number of nitrogens with zero attached hydrogens (tertiary/aromatic N) is 2. The van der Waals surface area contributed by atoms with Gasteiger partial charge >= 0.3 is 12.5 Å². The highest BCUT2D eigenvalue weighted by Crippen LogP contribution is 2.32. The Morgan fingerprint density at radius 2 is 2.04 bits per heavy atom. The van der Waals surface area contributed by atoms with Crippen molar-refractivity contribution in [2.45, 2.75) is 13.2 Å². The van der Waals surface area contributed by atoms with E-state index < -0.39 is 12.5 Å². The molecule has 0 N–H and O–H groups in total. The van der Waals surface area contributed by atoms with Crippen LogP contribution in [0.3, 0.4) is 0 Å². The fourth-order valence-corrected chi connectivity index (χ4v) is 2.78. The summed E-state index contributed by atoms with van der Waals surface area (Å²) in [5.41, 5.74) is 1.42. The SMILES string of the molecule is O=C(/C=C\c1ccc2c(c1)OCO2)OCc1nc2ccccc2n1C(F)F. The van der Waals surface area contributed by atoms with Crippen molar-refractivity contribution < 1.29 is 27.8 Å². The smallest absolute Gasteiger partial charge is 0.331 e. The zero-order valence-electron chi connectivity index (χ0n) is 14.0. The van der Waals surface area contributed by atoms with Gasteiger partial charge in [0, 0.05) is 6.08 Å². The molecule has 0 radical (unpaired) electrons. The van der Waals surface area contributed by atoms with Crippen LogP contribution in [0.5, 0.6) is 11.5 Å². The quantitative estimate of drug-likeness (QED) is 0.502. The van der Waals surface area contributed by atoms with Gasteiger partial charge in [-0.25, -0.2) is 9.78 Å². The molecular weight excluding hydrogens is 358 g/mol. The van der Waals surface area contributed by atoms with E-state index in [9.17, 15) is 13.6 Å². The van der Waals surface area contributed by atoms with Gasteiger partial charge < -0.3 is 14.2 Å². The Morgan fingerprint density at radius 3 is 2.89 bits per heavy atom. The molecule has 1 aromatic heterocycles. The van der Waals surface area contributed by atoms with Crippen molar-refractivity contribution in [1.82, 2.24) is 9.55 Å². The Hall–Kier alpha value is -3.42. The molecule has 0 aliphatic carbocycles. The molecular formula is C19H14F2N2O4. The van der Waals surface area contributed by atoms with Gasteiger partial charge in [-0.1, -0.05) is 18.2 Å². The molecule has 0 amide bonds. The Labute approximate surface area is 152 Å². The van der Waals surface area contributed by atoms with E-state index in [0.717, 1.165) is 10.1 Å². The molecule has 2 aromatic carbocycles. The second-order valence-electron chi connectivity index (χ2n) is 5.72. The third kappa shape index (κ3) is 3.46. The molecule has 6 nitrogen and oxygen atoms in total. The number of benzene rings is 2. The summed E-state index contributed by atoms with van der Waals surface area (Å²) in [5, 5.41) is 0. The Balaban J connectivity index is 1.45. The maximum absolute atomic E-state index is 13.3. The molecule has 0 saturated carbocycles. The average Bonchev–Trinajstić information content (AvgIpc) is 3.28. The van der Waals surface area contributed by atoms with Crippen LogP contribution in [-0.4, -0.2) is 22.3 Å². The van der Waals surface area contributed by atoms with Crippen LogP contribution in [0.1, 0.15) is 17.9 Å². The van der Waals surface area contributed by atoms with Gasteiger partial charge in [0.25, 0.3) is 0 Å². The lowest BCUT2D eigenvalue weighted by Gasteiger charge is -2.07. The lowest BCUT2D eigenvalue weighted by atomic mass is 10.2. The number of fused-ring (bicyclic) bond motifs is 2. The fraction of sp³-hybridized carbons (Fsp3) is 0.158. The first-order valence-corrected chi connectivity index (χ1v) is 8.10. The molecule has 4 rings (SSSR count). The van der Waals surface area contributed by atoms with Gasteiger partial charge in [-0.05, 0) is 35.9 Å². The van der Waals surface area contributed by atoms with Crippen molar-refractivity contribution in [2.75, 3.05) is 6.79 Å². The Bertz CT molecular complexity index is 1030. The van der Waals surface area contributed by atoms with E-state index in [0.29, 0.717) is 17.0 Å². The molecule has 0 spiro atoms. The first-order valence-electron chi connectivity index (χ1n) is 8.10. The van der Waals surface area contributed by atoms with E-state index in [1.807, 2.05) is 0 Å². The van der Waals surface area contributed by atoms with Gasteiger partial charge in [-0.3, -0.25) is 4.57 Å². The van der Waals surface area contributed by atoms with Gasteiger partial charge in [-0.15, -0.1) is 0 Å². The van der Waals surface area contributed by atoms with Crippen molar-refractivity contribution >= 4 is 23.1 Å². The summed E-state index contributed by atoms with van der Waals surface area (Å²) in [7, 11) is 0. The summed E-state index contributed by atoms with van der Waals surface area (Å²) in [6.07, 6.45) is 2.76. The maximum Gasteiger partial charge on any atom is 0.331 e. The van der Waals surface area contributed by atoms with E-state index >= 15 is 0 Å². The van der Waals surface area contributed by atoms with Crippen molar-refractivity contribution in [1.29, 1.82) is 0 Å². The van der Waals surface area contributed by atoms with Crippen LogP contribution >= 0.6 is 0 Å². The van der Waals surface area contributed by atoms with Crippen LogP contribution in [0.4, 0.5) is 8.78 Å². The lowest BCUT2D eigenvalue weighted by Crippen LogP contribution is -2.09. The topological polar surface area (TPSA) is 62.6 Å². The van der Waals surface area contributed by atoms with E-state index in [2.05, 4.69) is 4.98 Å². The fourth-order valence-electron chi connectivity index (χ4n) is 2.78. The van der Waals surface area contributed by atoms with Crippen LogP contribution in [0.2, 0.25) is 0 Å². The minimum absolute atomic E-state index is 0.0176. The lowest BCUT2D eigenvalue weighted by molar-refractivity contribution is -0.139. The second-order valence-corrected chi connectivity index (χ2v) is 5.72. The summed E-state index contributed by atoms with van der Waals surface area (Å²) in [6, 6.07) is 11.7. The van der Waals surface area contributed by atoms with Gasteiger partial charge in [0.05, 0.1) is 11.0 Å². The van der Waals surface area contributed by atoms with Crippen molar-refractivity contribution in [3.8, 4) is 11.5 Å². The zero-order valence-corrected chi connectivity index (χ0v) is 14.0. The summed E-state index contributed by atoms with van der Waals surface area (Å²) < 4.78 is 43.0. The number of imidazole rings is 1. The largest absolute Gasteiger partial charge is 0.454 e. The maximum atomic E-state index is 13.3. The third-order valence-electron chi connectivity index (χ3n) is 4.02. The number of aromatic nitrogens is 2. The monoisotopic (exact) mass is 372 g/mol. The molecule has 3 aromatic rings. The number of carbonyl (C=O) groups is 1. The first-order chi connectivity index (χ1) is 13.1. The zero-order chi connectivity index (χ0) is 18.8. The number of hydrogen-bond acceptors (Lipinski definition) is 5. The molecule has 0 saturated heterocycles. The van der Waals surface area contributed by atoms with E-state index in [1.54, 1.807) is 48.5 Å². The van der Waals surface area contributed by atoms with E-state index in [1.165, 1.54) is 6.08 Å². The number of carbonyl (C=O) groups excluding carboxylic acids is 1. The van der Waals surface area contributed by atoms with Crippen LogP contribution in [0.25, 0.3) is 17.1 Å². The van der Waals surface area contributed by atoms with E-state index in [-0.39, 0.29) is 24.7 Å². The predicted octanol–water partition coefficient (Wildman–Crippen LogP) is 3.92. The predicted molar refractivity (Wildman–Crippen MR) is 92.4 cm³/mol. The second kappa shape index (κ2) is 7.06. The van der Waals surface area contributed by atoms with Gasteiger partial charge in [0.2, 0.25) is 6.79 Å². The van der Waals surface area contributed by atoms with Gasteiger partial charge in [0.1, 0.15) is 6.61 Å². The molecule has 0 atom stereocenters. The van der Waals surface area contributed by atoms with Gasteiger partial charge in [0.15, 0.2) is 17.3 Å². The minimum Gasteiger partial charge on any atom is -0.454 e. The molecule has 138 valence electrons. The highest BCUT2D eigenvalue weighted by molar-refractivity contribution is 5.87. The highest BCUT2D eigenvalue weighted by atomic mass is 19.3. The normalized spacial score (nSPS) is 13.0. The number of rotatable bonds is 5. The summed E-state index contributed by atoms with van der Waals surface area (Å²) in [6.45, 7) is -2.98. The molecule has 0 bridgehead atoms. The number of alkyl halides is 2. The third-order valence-corrected chi connectivity index (χ3v) is 4.02. The average molecular weight is 372 g/mol. The van der Waals surface area contributed by atoms with Crippen LogP contribution in [-0.2, 0) is 16.1 Å². The number of halogens is 2. The molecule has 0 unspecified atom stereocenters. The molecule has 8 heteroatoms. The van der Waals surface area contributed by atoms with Crippen LogP contribution in [0.15, 0.2) is 48.5 Å². The highest BCUT2D eigenvalue weighted by Gasteiger charge is 2.18. The molecule has 2 heterocycles. The van der Waals surface area contributed by atoms with E-state index in [4.69, 9.17) is 14.2 Å². The van der Waals surface area contributed by atoms with Crippen molar-refractivity contribution in [3.63, 3.8) is 0 Å². The van der Waals surface area contributed by atoms with Crippen molar-refractivity contribution in [2.24, 2.45) is 0 Å². The Morgan fingerprint density at radius 1 is 1.22 bits per heavy atom. The number of para-hydroxylation sites is 2. The van der Waals surface area contributed by atoms with Crippen LogP contribution in [0, 0.1) is 0 Å². The standard InChI is InChI=1S/C19H14F2N2O4/c20-19(21)23-14-4-2-1-3-13(14)22-17(23)10-25-18(24)8-6-12-5-7-15-16(9-12)27-11-26-15/h1-9,19H,10-11H2/b8-6-. The number of esters is 1. The molecule has 27 heavy (non-hydrogen) atoms.